The van der Waals surface area contributed by atoms with Crippen LogP contribution in [0.25, 0.3) is 0 Å². The molecule has 0 saturated heterocycles. The van der Waals surface area contributed by atoms with Gasteiger partial charge in [-0.2, -0.15) is 18.4 Å². The van der Waals surface area contributed by atoms with Crippen molar-refractivity contribution in [3.05, 3.63) is 52.7 Å². The molecule has 0 unspecified atom stereocenters. The summed E-state index contributed by atoms with van der Waals surface area (Å²) in [7, 11) is 0. The molecular formula is C16H11ClF3N3OS. The lowest BCUT2D eigenvalue weighted by Crippen LogP contribution is -2.12. The van der Waals surface area contributed by atoms with E-state index in [1.54, 1.807) is 6.07 Å². The molecule has 0 aliphatic heterocycles. The van der Waals surface area contributed by atoms with Crippen LogP contribution in [-0.2, 0) is 11.0 Å². The van der Waals surface area contributed by atoms with Gasteiger partial charge < -0.3 is 5.32 Å². The zero-order valence-corrected chi connectivity index (χ0v) is 14.2. The molecule has 0 bridgehead atoms. The molecule has 1 aromatic carbocycles. The summed E-state index contributed by atoms with van der Waals surface area (Å²) in [4.78, 5) is 15.6. The van der Waals surface area contributed by atoms with Gasteiger partial charge in [-0.1, -0.05) is 11.6 Å². The van der Waals surface area contributed by atoms with Gasteiger partial charge in [0.25, 0.3) is 0 Å². The normalized spacial score (nSPS) is 11.0. The highest BCUT2D eigenvalue weighted by molar-refractivity contribution is 7.99. The molecule has 0 fully saturated rings. The van der Waals surface area contributed by atoms with E-state index in [1.165, 1.54) is 30.0 Å². The first kappa shape index (κ1) is 19.1. The molecule has 2 aromatic rings. The third-order valence-electron chi connectivity index (χ3n) is 3.02. The van der Waals surface area contributed by atoms with Gasteiger partial charge in [-0.15, -0.1) is 11.8 Å². The number of carbonyl (C=O) groups is 1. The molecule has 2 rings (SSSR count). The van der Waals surface area contributed by atoms with Crippen LogP contribution in [0.5, 0.6) is 0 Å². The molecule has 1 aromatic heterocycles. The fourth-order valence-corrected chi connectivity index (χ4v) is 2.80. The fourth-order valence-electron chi connectivity index (χ4n) is 1.79. The molecule has 0 radical (unpaired) electrons. The number of rotatable bonds is 5. The van der Waals surface area contributed by atoms with Gasteiger partial charge in [-0.05, 0) is 30.3 Å². The van der Waals surface area contributed by atoms with Crippen LogP contribution in [0.3, 0.4) is 0 Å². The molecule has 0 saturated carbocycles. The zero-order valence-electron chi connectivity index (χ0n) is 12.6. The number of halogens is 4. The van der Waals surface area contributed by atoms with Crippen LogP contribution in [0, 0.1) is 11.3 Å². The SMILES string of the molecule is N#Cc1ccc(NC(=O)CCSc2ccc(C(F)(F)F)cn2)cc1Cl. The molecule has 0 aliphatic carbocycles. The van der Waals surface area contributed by atoms with Crippen molar-refractivity contribution in [1.29, 1.82) is 5.26 Å². The van der Waals surface area contributed by atoms with Gasteiger partial charge in [0.1, 0.15) is 6.07 Å². The smallest absolute Gasteiger partial charge is 0.326 e. The average Bonchev–Trinajstić information content (AvgIpc) is 2.54. The topological polar surface area (TPSA) is 65.8 Å². The highest BCUT2D eigenvalue weighted by Gasteiger charge is 2.30. The average molecular weight is 386 g/mol. The van der Waals surface area contributed by atoms with E-state index in [0.29, 0.717) is 22.0 Å². The number of hydrogen-bond donors (Lipinski definition) is 1. The molecule has 0 aliphatic rings. The van der Waals surface area contributed by atoms with Crippen LogP contribution in [0.2, 0.25) is 5.02 Å². The minimum Gasteiger partial charge on any atom is -0.326 e. The third kappa shape index (κ3) is 5.66. The summed E-state index contributed by atoms with van der Waals surface area (Å²) >= 11 is 7.06. The second-order valence-electron chi connectivity index (χ2n) is 4.84. The Hall–Kier alpha value is -2.24. The lowest BCUT2D eigenvalue weighted by molar-refractivity contribution is -0.137. The number of aromatic nitrogens is 1. The minimum absolute atomic E-state index is 0.144. The number of thioether (sulfide) groups is 1. The molecule has 25 heavy (non-hydrogen) atoms. The lowest BCUT2D eigenvalue weighted by atomic mass is 10.2. The lowest BCUT2D eigenvalue weighted by Gasteiger charge is -2.07. The van der Waals surface area contributed by atoms with Crippen LogP contribution in [0.4, 0.5) is 18.9 Å². The van der Waals surface area contributed by atoms with Crippen LogP contribution in [-0.4, -0.2) is 16.6 Å². The van der Waals surface area contributed by atoms with E-state index >= 15 is 0 Å². The zero-order chi connectivity index (χ0) is 18.4. The number of alkyl halides is 3. The second-order valence-corrected chi connectivity index (χ2v) is 6.36. The summed E-state index contributed by atoms with van der Waals surface area (Å²) in [5.74, 6) is 0.0778. The number of nitriles is 1. The number of pyridine rings is 1. The van der Waals surface area contributed by atoms with Crippen molar-refractivity contribution in [2.24, 2.45) is 0 Å². The van der Waals surface area contributed by atoms with Gasteiger partial charge in [0, 0.05) is 24.1 Å². The summed E-state index contributed by atoms with van der Waals surface area (Å²) in [6.07, 6.45) is -3.51. The van der Waals surface area contributed by atoms with Crippen molar-refractivity contribution in [2.45, 2.75) is 17.6 Å². The van der Waals surface area contributed by atoms with Gasteiger partial charge in [0.2, 0.25) is 5.91 Å². The van der Waals surface area contributed by atoms with Gasteiger partial charge in [0.15, 0.2) is 0 Å². The fraction of sp³-hybridized carbons (Fsp3) is 0.188. The standard InChI is InChI=1S/C16H11ClF3N3OS/c17-13-7-12(3-1-10(13)8-21)23-14(24)5-6-25-15-4-2-11(9-22-15)16(18,19)20/h1-4,7,9H,5-6H2,(H,23,24). The highest BCUT2D eigenvalue weighted by atomic mass is 35.5. The van der Waals surface area contributed by atoms with Gasteiger partial charge in [0.05, 0.1) is 21.2 Å². The Morgan fingerprint density at radius 1 is 1.32 bits per heavy atom. The summed E-state index contributed by atoms with van der Waals surface area (Å²) < 4.78 is 37.3. The van der Waals surface area contributed by atoms with Crippen molar-refractivity contribution in [3.63, 3.8) is 0 Å². The molecule has 0 atom stereocenters. The first-order chi connectivity index (χ1) is 11.8. The van der Waals surface area contributed by atoms with E-state index in [-0.39, 0.29) is 17.4 Å². The summed E-state index contributed by atoms with van der Waals surface area (Å²) in [6, 6.07) is 8.67. The van der Waals surface area contributed by atoms with Gasteiger partial charge in [-0.25, -0.2) is 4.98 Å². The van der Waals surface area contributed by atoms with Crippen molar-refractivity contribution in [1.82, 2.24) is 4.98 Å². The Bertz CT molecular complexity index is 804. The maximum absolute atomic E-state index is 12.4. The van der Waals surface area contributed by atoms with E-state index in [9.17, 15) is 18.0 Å². The quantitative estimate of drug-likeness (QED) is 0.754. The van der Waals surface area contributed by atoms with E-state index in [2.05, 4.69) is 10.3 Å². The predicted octanol–water partition coefficient (Wildman–Crippen LogP) is 4.75. The highest BCUT2D eigenvalue weighted by Crippen LogP contribution is 2.29. The van der Waals surface area contributed by atoms with Crippen LogP contribution in [0.1, 0.15) is 17.5 Å². The molecule has 9 heteroatoms. The molecular weight excluding hydrogens is 375 g/mol. The van der Waals surface area contributed by atoms with E-state index in [1.807, 2.05) is 6.07 Å². The number of hydrogen-bond acceptors (Lipinski definition) is 4. The van der Waals surface area contributed by atoms with Crippen molar-refractivity contribution < 1.29 is 18.0 Å². The Kier molecular flexibility index (Phi) is 6.28. The molecule has 1 amide bonds. The number of anilines is 1. The van der Waals surface area contributed by atoms with E-state index in [4.69, 9.17) is 16.9 Å². The Labute approximate surface area is 151 Å². The maximum Gasteiger partial charge on any atom is 0.417 e. The third-order valence-corrected chi connectivity index (χ3v) is 4.27. The summed E-state index contributed by atoms with van der Waals surface area (Å²) in [5.41, 5.74) is -0.0393. The van der Waals surface area contributed by atoms with Crippen LogP contribution in [0.15, 0.2) is 41.6 Å². The van der Waals surface area contributed by atoms with Gasteiger partial charge in [-0.3, -0.25) is 4.79 Å². The first-order valence-corrected chi connectivity index (χ1v) is 8.31. The Morgan fingerprint density at radius 3 is 2.64 bits per heavy atom. The number of nitrogens with one attached hydrogen (secondary N) is 1. The van der Waals surface area contributed by atoms with Crippen LogP contribution >= 0.6 is 23.4 Å². The second kappa shape index (κ2) is 8.23. The largest absolute Gasteiger partial charge is 0.417 e. The summed E-state index contributed by atoms with van der Waals surface area (Å²) in [5, 5.41) is 12.1. The molecule has 4 nitrogen and oxygen atoms in total. The molecule has 1 N–H and O–H groups in total. The predicted molar refractivity (Wildman–Crippen MR) is 89.4 cm³/mol. The molecule has 1 heterocycles. The first-order valence-electron chi connectivity index (χ1n) is 6.95. The van der Waals surface area contributed by atoms with Crippen molar-refractivity contribution >= 4 is 35.0 Å². The Balaban J connectivity index is 1.82. The summed E-state index contributed by atoms with van der Waals surface area (Å²) in [6.45, 7) is 0. The van der Waals surface area contributed by atoms with E-state index in [0.717, 1.165) is 12.3 Å². The van der Waals surface area contributed by atoms with Crippen molar-refractivity contribution in [2.75, 3.05) is 11.1 Å². The number of carbonyl (C=O) groups excluding carboxylic acids is 1. The maximum atomic E-state index is 12.4. The number of benzene rings is 1. The molecule has 0 spiro atoms. The number of nitrogens with zero attached hydrogens (tertiary/aromatic N) is 2. The van der Waals surface area contributed by atoms with Crippen molar-refractivity contribution in [3.8, 4) is 6.07 Å². The minimum atomic E-state index is -4.42. The molecule has 130 valence electrons. The number of amides is 1. The monoisotopic (exact) mass is 385 g/mol. The van der Waals surface area contributed by atoms with Crippen LogP contribution < -0.4 is 5.32 Å². The van der Waals surface area contributed by atoms with E-state index < -0.39 is 11.7 Å². The van der Waals surface area contributed by atoms with Gasteiger partial charge >= 0.3 is 6.18 Å². The Morgan fingerprint density at radius 2 is 2.08 bits per heavy atom.